The van der Waals surface area contributed by atoms with Crippen LogP contribution in [0.4, 0.5) is 0 Å². The van der Waals surface area contributed by atoms with E-state index < -0.39 is 0 Å². The highest BCUT2D eigenvalue weighted by Gasteiger charge is 2.26. The van der Waals surface area contributed by atoms with Gasteiger partial charge >= 0.3 is 0 Å². The molecule has 5 heteroatoms. The summed E-state index contributed by atoms with van der Waals surface area (Å²) in [4.78, 5) is 18.4. The second-order valence-corrected chi connectivity index (χ2v) is 6.30. The van der Waals surface area contributed by atoms with Gasteiger partial charge in [0.15, 0.2) is 0 Å². The molecule has 1 saturated heterocycles. The third-order valence-corrected chi connectivity index (χ3v) is 4.29. The van der Waals surface area contributed by atoms with Gasteiger partial charge in [-0.1, -0.05) is 12.1 Å². The molecule has 0 aliphatic carbocycles. The first kappa shape index (κ1) is 15.6. The van der Waals surface area contributed by atoms with Gasteiger partial charge in [-0.2, -0.15) is 0 Å². The zero-order valence-electron chi connectivity index (χ0n) is 14.0. The van der Waals surface area contributed by atoms with Gasteiger partial charge in [-0.3, -0.25) is 4.79 Å². The van der Waals surface area contributed by atoms with E-state index in [9.17, 15) is 4.79 Å². The van der Waals surface area contributed by atoms with Crippen LogP contribution in [-0.2, 0) is 7.05 Å². The second kappa shape index (κ2) is 6.44. The van der Waals surface area contributed by atoms with Crippen LogP contribution in [0.5, 0.6) is 5.75 Å². The second-order valence-electron chi connectivity index (χ2n) is 6.30. The summed E-state index contributed by atoms with van der Waals surface area (Å²) in [5.41, 5.74) is 2.87. The van der Waals surface area contributed by atoms with Gasteiger partial charge < -0.3 is 14.2 Å². The summed E-state index contributed by atoms with van der Waals surface area (Å²) in [6.07, 6.45) is 5.30. The lowest BCUT2D eigenvalue weighted by Crippen LogP contribution is -2.42. The topological polar surface area (TPSA) is 47.4 Å². The van der Waals surface area contributed by atoms with Gasteiger partial charge in [-0.15, -0.1) is 0 Å². The summed E-state index contributed by atoms with van der Waals surface area (Å²) in [7, 11) is 1.87. The van der Waals surface area contributed by atoms with Crippen molar-refractivity contribution in [2.24, 2.45) is 7.05 Å². The molecular weight excluding hydrogens is 290 g/mol. The Morgan fingerprint density at radius 2 is 2.00 bits per heavy atom. The number of carbonyl (C=O) groups is 1. The van der Waals surface area contributed by atoms with E-state index in [2.05, 4.69) is 37.0 Å². The lowest BCUT2D eigenvalue weighted by Gasteiger charge is -2.32. The molecule has 0 radical (unpaired) electrons. The number of hydrogen-bond acceptors (Lipinski definition) is 3. The smallest absolute Gasteiger partial charge is 0.274 e. The summed E-state index contributed by atoms with van der Waals surface area (Å²) < 4.78 is 7.94. The SMILES string of the molecule is Cc1ccc(C)c(OC2CCN(C(=O)c3cn(C)cn3)CC2)c1. The molecule has 1 fully saturated rings. The first-order chi connectivity index (χ1) is 11.0. The fourth-order valence-electron chi connectivity index (χ4n) is 2.88. The van der Waals surface area contributed by atoms with E-state index in [4.69, 9.17) is 4.74 Å². The molecule has 0 atom stereocenters. The number of hydrogen-bond donors (Lipinski definition) is 0. The maximum atomic E-state index is 12.4. The van der Waals surface area contributed by atoms with Crippen LogP contribution in [0.25, 0.3) is 0 Å². The number of amides is 1. The van der Waals surface area contributed by atoms with Crippen molar-refractivity contribution in [3.63, 3.8) is 0 Å². The van der Waals surface area contributed by atoms with Crippen LogP contribution in [-0.4, -0.2) is 39.6 Å². The molecule has 0 bridgehead atoms. The zero-order valence-corrected chi connectivity index (χ0v) is 14.0. The van der Waals surface area contributed by atoms with Gasteiger partial charge in [0, 0.05) is 39.2 Å². The molecule has 0 spiro atoms. The molecule has 5 nitrogen and oxygen atoms in total. The summed E-state index contributed by atoms with van der Waals surface area (Å²) in [6, 6.07) is 6.27. The van der Waals surface area contributed by atoms with Crippen molar-refractivity contribution in [1.29, 1.82) is 0 Å². The summed E-state index contributed by atoms with van der Waals surface area (Å²) in [5.74, 6) is 0.968. The summed E-state index contributed by atoms with van der Waals surface area (Å²) in [5, 5.41) is 0. The number of piperidine rings is 1. The number of rotatable bonds is 3. The number of ether oxygens (including phenoxy) is 1. The molecule has 2 heterocycles. The Morgan fingerprint density at radius 3 is 2.65 bits per heavy atom. The van der Waals surface area contributed by atoms with Gasteiger partial charge in [0.05, 0.1) is 6.33 Å². The van der Waals surface area contributed by atoms with E-state index >= 15 is 0 Å². The van der Waals surface area contributed by atoms with Crippen LogP contribution in [0.1, 0.15) is 34.5 Å². The van der Waals surface area contributed by atoms with Crippen LogP contribution in [0, 0.1) is 13.8 Å². The van der Waals surface area contributed by atoms with E-state index in [1.54, 1.807) is 17.1 Å². The minimum absolute atomic E-state index is 0.00999. The molecule has 1 amide bonds. The minimum atomic E-state index is 0.00999. The fraction of sp³-hybridized carbons (Fsp3) is 0.444. The number of benzene rings is 1. The lowest BCUT2D eigenvalue weighted by molar-refractivity contribution is 0.0589. The van der Waals surface area contributed by atoms with E-state index in [1.807, 2.05) is 11.9 Å². The summed E-state index contributed by atoms with van der Waals surface area (Å²) >= 11 is 0. The Kier molecular flexibility index (Phi) is 4.37. The third kappa shape index (κ3) is 3.55. The highest BCUT2D eigenvalue weighted by molar-refractivity contribution is 5.92. The van der Waals surface area contributed by atoms with Crippen molar-refractivity contribution in [2.75, 3.05) is 13.1 Å². The molecule has 0 saturated carbocycles. The third-order valence-electron chi connectivity index (χ3n) is 4.29. The number of aromatic nitrogens is 2. The van der Waals surface area contributed by atoms with E-state index in [-0.39, 0.29) is 12.0 Å². The molecule has 23 heavy (non-hydrogen) atoms. The Balaban J connectivity index is 1.58. The van der Waals surface area contributed by atoms with Crippen LogP contribution in [0.2, 0.25) is 0 Å². The van der Waals surface area contributed by atoms with Crippen molar-refractivity contribution in [3.05, 3.63) is 47.5 Å². The lowest BCUT2D eigenvalue weighted by atomic mass is 10.1. The molecule has 1 aromatic heterocycles. The van der Waals surface area contributed by atoms with Gasteiger partial charge in [-0.25, -0.2) is 4.98 Å². The highest BCUT2D eigenvalue weighted by atomic mass is 16.5. The molecule has 1 aliphatic heterocycles. The predicted octanol–water partition coefficient (Wildman–Crippen LogP) is 2.72. The van der Waals surface area contributed by atoms with Crippen molar-refractivity contribution in [2.45, 2.75) is 32.8 Å². The van der Waals surface area contributed by atoms with Crippen LogP contribution in [0.15, 0.2) is 30.7 Å². The van der Waals surface area contributed by atoms with Crippen LogP contribution < -0.4 is 4.74 Å². The van der Waals surface area contributed by atoms with Crippen molar-refractivity contribution in [1.82, 2.24) is 14.5 Å². The molecule has 2 aromatic rings. The average Bonchev–Trinajstić information content (AvgIpc) is 2.97. The van der Waals surface area contributed by atoms with Gasteiger partial charge in [-0.05, 0) is 31.0 Å². The van der Waals surface area contributed by atoms with Gasteiger partial charge in [0.25, 0.3) is 5.91 Å². The Labute approximate surface area is 136 Å². The first-order valence-corrected chi connectivity index (χ1v) is 8.04. The van der Waals surface area contributed by atoms with Crippen molar-refractivity contribution >= 4 is 5.91 Å². The van der Waals surface area contributed by atoms with E-state index in [1.165, 1.54) is 5.56 Å². The molecule has 0 unspecified atom stereocenters. The maximum absolute atomic E-state index is 12.4. The monoisotopic (exact) mass is 313 g/mol. The molecule has 1 aliphatic rings. The van der Waals surface area contributed by atoms with E-state index in [0.717, 1.165) is 24.2 Å². The normalized spacial score (nSPS) is 15.7. The van der Waals surface area contributed by atoms with Gasteiger partial charge in [0.2, 0.25) is 0 Å². The van der Waals surface area contributed by atoms with Crippen molar-refractivity contribution in [3.8, 4) is 5.75 Å². The largest absolute Gasteiger partial charge is 0.490 e. The van der Waals surface area contributed by atoms with Crippen molar-refractivity contribution < 1.29 is 9.53 Å². The first-order valence-electron chi connectivity index (χ1n) is 8.04. The highest BCUT2D eigenvalue weighted by Crippen LogP contribution is 2.24. The fourth-order valence-corrected chi connectivity index (χ4v) is 2.88. The minimum Gasteiger partial charge on any atom is -0.490 e. The molecule has 122 valence electrons. The predicted molar refractivity (Wildman–Crippen MR) is 88.7 cm³/mol. The quantitative estimate of drug-likeness (QED) is 0.875. The molecule has 3 rings (SSSR count). The number of imidazole rings is 1. The maximum Gasteiger partial charge on any atom is 0.274 e. The Morgan fingerprint density at radius 1 is 1.26 bits per heavy atom. The zero-order chi connectivity index (χ0) is 16.4. The molecule has 1 aromatic carbocycles. The standard InChI is InChI=1S/C18H23N3O2/c1-13-4-5-14(2)17(10-13)23-15-6-8-21(9-7-15)18(22)16-11-20(3)12-19-16/h4-5,10-12,15H,6-9H2,1-3H3. The molecular formula is C18H23N3O2. The average molecular weight is 313 g/mol. The Hall–Kier alpha value is -2.30. The number of nitrogens with zero attached hydrogens (tertiary/aromatic N) is 3. The number of aryl methyl sites for hydroxylation is 3. The van der Waals surface area contributed by atoms with Crippen LogP contribution >= 0.6 is 0 Å². The number of carbonyl (C=O) groups excluding carboxylic acids is 1. The molecule has 0 N–H and O–H groups in total. The number of likely N-dealkylation sites (tertiary alicyclic amines) is 1. The van der Waals surface area contributed by atoms with Crippen LogP contribution in [0.3, 0.4) is 0 Å². The Bertz CT molecular complexity index is 700. The van der Waals surface area contributed by atoms with Gasteiger partial charge in [0.1, 0.15) is 17.5 Å². The summed E-state index contributed by atoms with van der Waals surface area (Å²) in [6.45, 7) is 5.56. The van der Waals surface area contributed by atoms with E-state index in [0.29, 0.717) is 18.8 Å².